The quantitative estimate of drug-likeness (QED) is 0.532. The van der Waals surface area contributed by atoms with Gasteiger partial charge in [-0.15, -0.1) is 0 Å². The Kier molecular flexibility index (Phi) is 2.48. The van der Waals surface area contributed by atoms with Gasteiger partial charge in [0.05, 0.1) is 0 Å². The Morgan fingerprint density at radius 1 is 0.818 bits per heavy atom. The molecule has 2 rings (SSSR count). The summed E-state index contributed by atoms with van der Waals surface area (Å²) in [7, 11) is 0. The molecular weight excluding hydrogens is 132 g/mol. The van der Waals surface area contributed by atoms with Crippen LogP contribution in [0.1, 0.15) is 20.3 Å². The third kappa shape index (κ3) is 1.51. The van der Waals surface area contributed by atoms with Crippen LogP contribution in [0.2, 0.25) is 0 Å². The van der Waals surface area contributed by atoms with E-state index in [-0.39, 0.29) is 7.43 Å². The van der Waals surface area contributed by atoms with Crippen LogP contribution in [0, 0.1) is 0 Å². The summed E-state index contributed by atoms with van der Waals surface area (Å²) in [5, 5.41) is 0. The van der Waals surface area contributed by atoms with E-state index < -0.39 is 0 Å². The fourth-order valence-electron chi connectivity index (χ4n) is 1.37. The molecule has 0 saturated heterocycles. The Morgan fingerprint density at radius 3 is 1.55 bits per heavy atom. The topological polar surface area (TPSA) is 0 Å². The minimum atomic E-state index is 0. The van der Waals surface area contributed by atoms with Crippen molar-refractivity contribution in [2.24, 2.45) is 0 Å². The molecule has 0 aromatic rings. The summed E-state index contributed by atoms with van der Waals surface area (Å²) in [5.41, 5.74) is 2.98. The second-order valence-corrected chi connectivity index (χ2v) is 2.65. The van der Waals surface area contributed by atoms with Gasteiger partial charge in [-0.05, 0) is 24.0 Å². The fourth-order valence-corrected chi connectivity index (χ4v) is 1.37. The van der Waals surface area contributed by atoms with Crippen LogP contribution < -0.4 is 0 Å². The predicted molar refractivity (Wildman–Crippen MR) is 50.4 cm³/mol. The summed E-state index contributed by atoms with van der Waals surface area (Å²) in [4.78, 5) is 0. The zero-order chi connectivity index (χ0) is 6.81. The first-order chi connectivity index (χ1) is 4.97. The molecule has 2 aliphatic rings. The molecule has 0 radical (unpaired) electrons. The smallest absolute Gasteiger partial charge is 0.00915 e. The first-order valence-electron chi connectivity index (χ1n) is 3.68. The predicted octanol–water partition coefficient (Wildman–Crippen LogP) is 3.40. The summed E-state index contributed by atoms with van der Waals surface area (Å²) in [5.74, 6) is 0. The van der Waals surface area contributed by atoms with E-state index in [4.69, 9.17) is 0 Å². The SMILES string of the molecule is C.C1=CCC(C2=CC=CC2)=C1. The lowest BCUT2D eigenvalue weighted by atomic mass is 10.1. The van der Waals surface area contributed by atoms with Crippen molar-refractivity contribution in [1.82, 2.24) is 0 Å². The van der Waals surface area contributed by atoms with Gasteiger partial charge in [0.1, 0.15) is 0 Å². The molecular formula is C11H14. The lowest BCUT2D eigenvalue weighted by molar-refractivity contribution is 1.18. The second kappa shape index (κ2) is 3.38. The van der Waals surface area contributed by atoms with Crippen LogP contribution >= 0.6 is 0 Å². The largest absolute Gasteiger partial charge is 0.0801 e. The standard InChI is InChI=1S/C10H10.CH4/c1-2-6-9(5-1)10-7-3-4-8-10;/h1-5,7H,6,8H2;1H4. The van der Waals surface area contributed by atoms with Gasteiger partial charge in [-0.25, -0.2) is 0 Å². The lowest BCUT2D eigenvalue weighted by Gasteiger charge is -1.99. The molecule has 0 saturated carbocycles. The highest BCUT2D eigenvalue weighted by Gasteiger charge is 2.05. The monoisotopic (exact) mass is 146 g/mol. The van der Waals surface area contributed by atoms with E-state index in [1.807, 2.05) is 0 Å². The highest BCUT2D eigenvalue weighted by molar-refractivity contribution is 5.44. The molecule has 58 valence electrons. The van der Waals surface area contributed by atoms with Crippen molar-refractivity contribution in [2.75, 3.05) is 0 Å². The maximum absolute atomic E-state index is 2.21. The molecule has 0 N–H and O–H groups in total. The van der Waals surface area contributed by atoms with Crippen molar-refractivity contribution in [2.45, 2.75) is 20.3 Å². The van der Waals surface area contributed by atoms with Crippen LogP contribution in [0.25, 0.3) is 0 Å². The second-order valence-electron chi connectivity index (χ2n) is 2.65. The van der Waals surface area contributed by atoms with Gasteiger partial charge in [0.25, 0.3) is 0 Å². The van der Waals surface area contributed by atoms with Gasteiger partial charge in [-0.3, -0.25) is 0 Å². The maximum Gasteiger partial charge on any atom is -0.00915 e. The molecule has 11 heavy (non-hydrogen) atoms. The number of rotatable bonds is 1. The Bertz CT molecular complexity index is 221. The van der Waals surface area contributed by atoms with E-state index in [0.29, 0.717) is 0 Å². The Labute approximate surface area is 68.6 Å². The van der Waals surface area contributed by atoms with Crippen LogP contribution in [0.15, 0.2) is 47.6 Å². The van der Waals surface area contributed by atoms with Gasteiger partial charge in [0.15, 0.2) is 0 Å². The normalized spacial score (nSPS) is 19.6. The van der Waals surface area contributed by atoms with Gasteiger partial charge in [-0.1, -0.05) is 43.9 Å². The van der Waals surface area contributed by atoms with E-state index in [1.54, 1.807) is 0 Å². The van der Waals surface area contributed by atoms with Crippen LogP contribution in [0.3, 0.4) is 0 Å². The van der Waals surface area contributed by atoms with Gasteiger partial charge in [0.2, 0.25) is 0 Å². The van der Waals surface area contributed by atoms with E-state index in [1.165, 1.54) is 11.1 Å². The molecule has 0 aliphatic heterocycles. The van der Waals surface area contributed by atoms with E-state index in [2.05, 4.69) is 36.5 Å². The molecule has 0 aromatic carbocycles. The highest BCUT2D eigenvalue weighted by atomic mass is 14.1. The Hall–Kier alpha value is -1.04. The summed E-state index contributed by atoms with van der Waals surface area (Å²) in [6, 6.07) is 0. The first-order valence-corrected chi connectivity index (χ1v) is 3.68. The zero-order valence-corrected chi connectivity index (χ0v) is 5.88. The first kappa shape index (κ1) is 8.06. The van der Waals surface area contributed by atoms with E-state index >= 15 is 0 Å². The molecule has 0 amide bonds. The summed E-state index contributed by atoms with van der Waals surface area (Å²) in [6.07, 6.45) is 15.4. The molecule has 0 aromatic heterocycles. The summed E-state index contributed by atoms with van der Waals surface area (Å²) < 4.78 is 0. The summed E-state index contributed by atoms with van der Waals surface area (Å²) >= 11 is 0. The minimum Gasteiger partial charge on any atom is -0.0801 e. The third-order valence-electron chi connectivity index (χ3n) is 1.95. The third-order valence-corrected chi connectivity index (χ3v) is 1.95. The average Bonchev–Trinajstić information content (AvgIpc) is 2.59. The maximum atomic E-state index is 2.21. The average molecular weight is 146 g/mol. The zero-order valence-electron chi connectivity index (χ0n) is 5.88. The van der Waals surface area contributed by atoms with E-state index in [9.17, 15) is 0 Å². The molecule has 0 fully saturated rings. The molecule has 0 heteroatoms. The Morgan fingerprint density at radius 2 is 1.27 bits per heavy atom. The molecule has 0 nitrogen and oxygen atoms in total. The minimum absolute atomic E-state index is 0. The van der Waals surface area contributed by atoms with Crippen LogP contribution in [-0.4, -0.2) is 0 Å². The molecule has 0 atom stereocenters. The molecule has 0 bridgehead atoms. The van der Waals surface area contributed by atoms with Crippen molar-refractivity contribution in [3.05, 3.63) is 47.6 Å². The molecule has 0 spiro atoms. The van der Waals surface area contributed by atoms with Crippen molar-refractivity contribution in [1.29, 1.82) is 0 Å². The number of hydrogen-bond donors (Lipinski definition) is 0. The van der Waals surface area contributed by atoms with Crippen molar-refractivity contribution < 1.29 is 0 Å². The number of hydrogen-bond acceptors (Lipinski definition) is 0. The lowest BCUT2D eigenvalue weighted by Crippen LogP contribution is -1.80. The van der Waals surface area contributed by atoms with Gasteiger partial charge < -0.3 is 0 Å². The van der Waals surface area contributed by atoms with Crippen LogP contribution in [0.4, 0.5) is 0 Å². The fraction of sp³-hybridized carbons (Fsp3) is 0.273. The molecule has 0 heterocycles. The highest BCUT2D eigenvalue weighted by Crippen LogP contribution is 2.25. The van der Waals surface area contributed by atoms with Gasteiger partial charge in [0, 0.05) is 0 Å². The molecule has 0 unspecified atom stereocenters. The van der Waals surface area contributed by atoms with Gasteiger partial charge in [-0.2, -0.15) is 0 Å². The van der Waals surface area contributed by atoms with Crippen LogP contribution in [-0.2, 0) is 0 Å². The van der Waals surface area contributed by atoms with Crippen molar-refractivity contribution in [3.8, 4) is 0 Å². The van der Waals surface area contributed by atoms with Gasteiger partial charge >= 0.3 is 0 Å². The van der Waals surface area contributed by atoms with E-state index in [0.717, 1.165) is 12.8 Å². The van der Waals surface area contributed by atoms with Crippen molar-refractivity contribution in [3.63, 3.8) is 0 Å². The Balaban J connectivity index is 0.000000605. The summed E-state index contributed by atoms with van der Waals surface area (Å²) in [6.45, 7) is 0. The molecule has 2 aliphatic carbocycles. The van der Waals surface area contributed by atoms with Crippen molar-refractivity contribution >= 4 is 0 Å². The number of allylic oxidation sites excluding steroid dienone is 8. The van der Waals surface area contributed by atoms with Crippen LogP contribution in [0.5, 0.6) is 0 Å².